The van der Waals surface area contributed by atoms with Gasteiger partial charge in [0.05, 0.1) is 0 Å². The second kappa shape index (κ2) is 13.6. The Hall–Kier alpha value is -1.30. The molecule has 0 bridgehead atoms. The predicted octanol–water partition coefficient (Wildman–Crippen LogP) is 11.3. The lowest BCUT2D eigenvalue weighted by Crippen LogP contribution is -2.24. The Morgan fingerprint density at radius 1 is 0.970 bits per heavy atom. The zero-order valence-electron chi connectivity index (χ0n) is 24.1. The van der Waals surface area contributed by atoms with Gasteiger partial charge in [0, 0.05) is 5.41 Å². The van der Waals surface area contributed by atoms with Gasteiger partial charge in [-0.2, -0.15) is 0 Å². The smallest absolute Gasteiger partial charge is 0.00666 e. The van der Waals surface area contributed by atoms with E-state index in [-0.39, 0.29) is 5.41 Å². The molecule has 1 rings (SSSR count). The Labute approximate surface area is 208 Å². The summed E-state index contributed by atoms with van der Waals surface area (Å²) in [6.45, 7) is 27.6. The molecule has 0 saturated carbocycles. The molecule has 0 nitrogen and oxygen atoms in total. The molecule has 0 spiro atoms. The van der Waals surface area contributed by atoms with Crippen LogP contribution in [0.5, 0.6) is 0 Å². The second-order valence-electron chi connectivity index (χ2n) is 12.4. The summed E-state index contributed by atoms with van der Waals surface area (Å²) in [4.78, 5) is 0. The quantitative estimate of drug-likeness (QED) is 0.230. The SMILES string of the molecule is C=CC(C)CC/C=C(\C)CCC/C(C)=C/CCC(C)(C)CCC1=C(C)CC(C)=C(C)C1(C)C. The van der Waals surface area contributed by atoms with Crippen molar-refractivity contribution in [2.75, 3.05) is 0 Å². The highest BCUT2D eigenvalue weighted by Crippen LogP contribution is 2.47. The fourth-order valence-corrected chi connectivity index (χ4v) is 5.31. The fourth-order valence-electron chi connectivity index (χ4n) is 5.31. The molecule has 1 aliphatic rings. The molecule has 0 radical (unpaired) electrons. The van der Waals surface area contributed by atoms with Gasteiger partial charge in [-0.05, 0) is 110 Å². The van der Waals surface area contributed by atoms with Crippen LogP contribution in [0, 0.1) is 16.7 Å². The van der Waals surface area contributed by atoms with Crippen molar-refractivity contribution in [3.8, 4) is 0 Å². The van der Waals surface area contributed by atoms with Gasteiger partial charge in [-0.3, -0.25) is 0 Å². The van der Waals surface area contributed by atoms with E-state index in [9.17, 15) is 0 Å². The van der Waals surface area contributed by atoms with Crippen molar-refractivity contribution >= 4 is 0 Å². The Kier molecular flexibility index (Phi) is 12.2. The van der Waals surface area contributed by atoms with E-state index in [0.29, 0.717) is 11.3 Å². The van der Waals surface area contributed by atoms with Crippen LogP contribution in [0.4, 0.5) is 0 Å². The minimum Gasteiger partial charge on any atom is -0.103 e. The van der Waals surface area contributed by atoms with Gasteiger partial charge in [0.25, 0.3) is 0 Å². The first kappa shape index (κ1) is 29.7. The molecule has 0 heterocycles. The summed E-state index contributed by atoms with van der Waals surface area (Å²) in [5.41, 5.74) is 10.2. The van der Waals surface area contributed by atoms with E-state index in [1.54, 1.807) is 33.4 Å². The molecular weight excluding hydrogens is 396 g/mol. The molecule has 0 aromatic rings. The number of hydrogen-bond acceptors (Lipinski definition) is 0. The first-order valence-electron chi connectivity index (χ1n) is 13.6. The first-order valence-corrected chi connectivity index (χ1v) is 13.6. The number of allylic oxidation sites excluding steroid dienone is 9. The summed E-state index contributed by atoms with van der Waals surface area (Å²) in [5, 5.41) is 0. The van der Waals surface area contributed by atoms with Crippen molar-refractivity contribution in [2.45, 2.75) is 133 Å². The van der Waals surface area contributed by atoms with Crippen LogP contribution in [-0.4, -0.2) is 0 Å². The van der Waals surface area contributed by atoms with Gasteiger partial charge in [0.1, 0.15) is 0 Å². The summed E-state index contributed by atoms with van der Waals surface area (Å²) in [6, 6.07) is 0. The van der Waals surface area contributed by atoms with E-state index < -0.39 is 0 Å². The normalized spacial score (nSPS) is 18.7. The minimum atomic E-state index is 0.232. The zero-order valence-corrected chi connectivity index (χ0v) is 24.1. The van der Waals surface area contributed by atoms with Gasteiger partial charge in [-0.25, -0.2) is 0 Å². The van der Waals surface area contributed by atoms with Crippen LogP contribution in [-0.2, 0) is 0 Å². The maximum atomic E-state index is 3.88. The van der Waals surface area contributed by atoms with Crippen molar-refractivity contribution in [2.24, 2.45) is 16.7 Å². The second-order valence-corrected chi connectivity index (χ2v) is 12.4. The first-order chi connectivity index (χ1) is 15.3. The van der Waals surface area contributed by atoms with Gasteiger partial charge in [-0.1, -0.05) is 86.3 Å². The molecule has 0 heteroatoms. The molecule has 0 amide bonds. The van der Waals surface area contributed by atoms with Crippen LogP contribution in [0.1, 0.15) is 133 Å². The van der Waals surface area contributed by atoms with Crippen molar-refractivity contribution in [3.05, 3.63) is 58.2 Å². The Balaban J connectivity index is 2.43. The predicted molar refractivity (Wildman–Crippen MR) is 152 cm³/mol. The van der Waals surface area contributed by atoms with Gasteiger partial charge < -0.3 is 0 Å². The maximum Gasteiger partial charge on any atom is 0.00666 e. The standard InChI is InChI=1S/C33H56/c1-12-25(2)16-13-17-26(3)18-14-19-27(4)20-15-22-32(8,9)23-21-31-29(6)24-28(5)30(7)33(31,10)11/h12,17,20,25H,1,13-16,18-19,21-24H2,2-11H3/b26-17+,27-20+. The van der Waals surface area contributed by atoms with Crippen LogP contribution in [0.2, 0.25) is 0 Å². The molecule has 0 aromatic carbocycles. The molecule has 1 atom stereocenters. The van der Waals surface area contributed by atoms with E-state index in [1.807, 2.05) is 0 Å². The largest absolute Gasteiger partial charge is 0.103 e. The molecule has 1 unspecified atom stereocenters. The average molecular weight is 453 g/mol. The Morgan fingerprint density at radius 2 is 1.55 bits per heavy atom. The molecule has 0 fully saturated rings. The Morgan fingerprint density at radius 3 is 2.12 bits per heavy atom. The Bertz CT molecular complexity index is 760. The van der Waals surface area contributed by atoms with E-state index in [1.165, 1.54) is 64.2 Å². The highest BCUT2D eigenvalue weighted by Gasteiger charge is 2.32. The van der Waals surface area contributed by atoms with Gasteiger partial charge >= 0.3 is 0 Å². The number of hydrogen-bond donors (Lipinski definition) is 0. The van der Waals surface area contributed by atoms with Crippen molar-refractivity contribution in [1.29, 1.82) is 0 Å². The van der Waals surface area contributed by atoms with Crippen LogP contribution in [0.25, 0.3) is 0 Å². The molecule has 0 N–H and O–H groups in total. The van der Waals surface area contributed by atoms with Crippen molar-refractivity contribution in [1.82, 2.24) is 0 Å². The summed E-state index contributed by atoms with van der Waals surface area (Å²) >= 11 is 0. The maximum absolute atomic E-state index is 3.88. The highest BCUT2D eigenvalue weighted by molar-refractivity contribution is 5.39. The average Bonchev–Trinajstić information content (AvgIpc) is 2.71. The van der Waals surface area contributed by atoms with Gasteiger partial charge in [0.2, 0.25) is 0 Å². The van der Waals surface area contributed by atoms with Gasteiger partial charge in [0.15, 0.2) is 0 Å². The fraction of sp³-hybridized carbons (Fsp3) is 0.697. The van der Waals surface area contributed by atoms with Crippen molar-refractivity contribution in [3.63, 3.8) is 0 Å². The third kappa shape index (κ3) is 10.2. The summed E-state index contributed by atoms with van der Waals surface area (Å²) in [5.74, 6) is 0.628. The molecule has 1 aliphatic carbocycles. The van der Waals surface area contributed by atoms with Crippen molar-refractivity contribution < 1.29 is 0 Å². The highest BCUT2D eigenvalue weighted by atomic mass is 14.4. The third-order valence-corrected chi connectivity index (χ3v) is 8.40. The molecule has 188 valence electrons. The van der Waals surface area contributed by atoms with Crippen LogP contribution in [0.3, 0.4) is 0 Å². The molecule has 0 aromatic heterocycles. The summed E-state index contributed by atoms with van der Waals surface area (Å²) < 4.78 is 0. The topological polar surface area (TPSA) is 0 Å². The lowest BCUT2D eigenvalue weighted by molar-refractivity contribution is 0.300. The minimum absolute atomic E-state index is 0.232. The molecule has 0 aliphatic heterocycles. The molecular formula is C33H56. The lowest BCUT2D eigenvalue weighted by atomic mass is 9.67. The van der Waals surface area contributed by atoms with Crippen LogP contribution in [0.15, 0.2) is 58.2 Å². The summed E-state index contributed by atoms with van der Waals surface area (Å²) in [7, 11) is 0. The summed E-state index contributed by atoms with van der Waals surface area (Å²) in [6.07, 6.45) is 19.4. The monoisotopic (exact) mass is 452 g/mol. The van der Waals surface area contributed by atoms with E-state index in [2.05, 4.69) is 94.0 Å². The molecule has 0 saturated heterocycles. The van der Waals surface area contributed by atoms with E-state index in [4.69, 9.17) is 0 Å². The van der Waals surface area contributed by atoms with Crippen LogP contribution >= 0.6 is 0 Å². The van der Waals surface area contributed by atoms with Gasteiger partial charge in [-0.15, -0.1) is 6.58 Å². The number of rotatable bonds is 14. The lowest BCUT2D eigenvalue weighted by Gasteiger charge is -2.38. The zero-order chi connectivity index (χ0) is 25.2. The third-order valence-electron chi connectivity index (χ3n) is 8.40. The molecule has 33 heavy (non-hydrogen) atoms. The van der Waals surface area contributed by atoms with E-state index in [0.717, 1.165) is 0 Å². The van der Waals surface area contributed by atoms with E-state index >= 15 is 0 Å². The van der Waals surface area contributed by atoms with Crippen LogP contribution < -0.4 is 0 Å².